The summed E-state index contributed by atoms with van der Waals surface area (Å²) in [5.74, 6) is 0.605. The first-order valence-electron chi connectivity index (χ1n) is 10.00. The van der Waals surface area contributed by atoms with Crippen LogP contribution in [0.15, 0.2) is 74.3 Å². The maximum Gasteiger partial charge on any atom is 0.295 e. The molecule has 1 atom stereocenters. The van der Waals surface area contributed by atoms with Crippen LogP contribution in [-0.4, -0.2) is 20.1 Å². The average Bonchev–Trinajstić information content (AvgIpc) is 3.11. The Kier molecular flexibility index (Phi) is 5.38. The molecule has 0 saturated carbocycles. The predicted octanol–water partition coefficient (Wildman–Crippen LogP) is 5.98. The molecule has 8 heteroatoms. The van der Waals surface area contributed by atoms with E-state index >= 15 is 0 Å². The molecule has 5 rings (SSSR count). The van der Waals surface area contributed by atoms with Gasteiger partial charge in [0.05, 0.1) is 31.2 Å². The molecule has 0 spiro atoms. The van der Waals surface area contributed by atoms with Gasteiger partial charge in [-0.05, 0) is 54.1 Å². The number of carbonyl (C=O) groups is 1. The second kappa shape index (κ2) is 8.24. The van der Waals surface area contributed by atoms with Crippen LogP contribution in [-0.2, 0) is 0 Å². The highest BCUT2D eigenvalue weighted by Gasteiger charge is 2.44. The van der Waals surface area contributed by atoms with E-state index in [0.29, 0.717) is 38.7 Å². The summed E-state index contributed by atoms with van der Waals surface area (Å²) in [7, 11) is 3.08. The fourth-order valence-corrected chi connectivity index (χ4v) is 4.72. The Labute approximate surface area is 202 Å². The van der Waals surface area contributed by atoms with E-state index in [9.17, 15) is 9.59 Å². The smallest absolute Gasteiger partial charge is 0.295 e. The average molecular weight is 527 g/mol. The fourth-order valence-electron chi connectivity index (χ4n) is 4.18. The molecule has 3 aromatic carbocycles. The van der Waals surface area contributed by atoms with Crippen LogP contribution < -0.4 is 19.8 Å². The summed E-state index contributed by atoms with van der Waals surface area (Å²) in [6.45, 7) is 0. The van der Waals surface area contributed by atoms with Gasteiger partial charge in [0.15, 0.2) is 16.9 Å². The number of carbonyl (C=O) groups excluding carboxylic acids is 1. The minimum Gasteiger partial charge on any atom is -0.493 e. The highest BCUT2D eigenvalue weighted by atomic mass is 79.9. The van der Waals surface area contributed by atoms with Gasteiger partial charge < -0.3 is 13.9 Å². The molecule has 1 unspecified atom stereocenters. The second-order valence-corrected chi connectivity index (χ2v) is 8.84. The van der Waals surface area contributed by atoms with Crippen molar-refractivity contribution in [3.8, 4) is 11.5 Å². The van der Waals surface area contributed by atoms with E-state index in [-0.39, 0.29) is 16.8 Å². The second-order valence-electron chi connectivity index (χ2n) is 7.49. The van der Waals surface area contributed by atoms with E-state index in [1.807, 2.05) is 0 Å². The van der Waals surface area contributed by atoms with E-state index in [2.05, 4.69) is 15.9 Å². The van der Waals surface area contributed by atoms with Gasteiger partial charge >= 0.3 is 0 Å². The number of hydrogen-bond acceptors (Lipinski definition) is 5. The highest BCUT2D eigenvalue weighted by Crippen LogP contribution is 2.43. The van der Waals surface area contributed by atoms with Crippen LogP contribution in [0.25, 0.3) is 11.0 Å². The molecule has 0 aliphatic carbocycles. The van der Waals surface area contributed by atoms with Gasteiger partial charge in [0.2, 0.25) is 5.76 Å². The van der Waals surface area contributed by atoms with Gasteiger partial charge in [0.1, 0.15) is 5.58 Å². The molecule has 6 nitrogen and oxygen atoms in total. The van der Waals surface area contributed by atoms with Crippen molar-refractivity contribution in [1.82, 2.24) is 0 Å². The third kappa shape index (κ3) is 3.48. The van der Waals surface area contributed by atoms with Crippen molar-refractivity contribution < 1.29 is 18.7 Å². The molecular formula is C25H17BrClNO5. The number of benzene rings is 3. The Morgan fingerprint density at radius 2 is 1.76 bits per heavy atom. The lowest BCUT2D eigenvalue weighted by Crippen LogP contribution is -2.29. The van der Waals surface area contributed by atoms with Crippen LogP contribution >= 0.6 is 27.5 Å². The topological polar surface area (TPSA) is 69.0 Å². The van der Waals surface area contributed by atoms with Gasteiger partial charge in [0, 0.05) is 15.2 Å². The summed E-state index contributed by atoms with van der Waals surface area (Å²) in [6.07, 6.45) is 0. The molecular weight excluding hydrogens is 510 g/mol. The minimum atomic E-state index is -0.745. The van der Waals surface area contributed by atoms with Crippen LogP contribution in [0.5, 0.6) is 11.5 Å². The molecule has 166 valence electrons. The normalized spacial score (nSPS) is 15.1. The SMILES string of the molecule is COc1ccc(C2c3c(oc4ccc(Br)cc4c3=O)C(=O)N2c2cccc(Cl)c2)cc1OC. The number of amides is 1. The Morgan fingerprint density at radius 3 is 2.48 bits per heavy atom. The summed E-state index contributed by atoms with van der Waals surface area (Å²) in [6, 6.07) is 16.6. The largest absolute Gasteiger partial charge is 0.493 e. The summed E-state index contributed by atoms with van der Waals surface area (Å²) >= 11 is 9.64. The zero-order valence-electron chi connectivity index (χ0n) is 17.6. The van der Waals surface area contributed by atoms with E-state index in [0.717, 1.165) is 4.47 Å². The Morgan fingerprint density at radius 1 is 0.970 bits per heavy atom. The predicted molar refractivity (Wildman–Crippen MR) is 130 cm³/mol. The van der Waals surface area contributed by atoms with E-state index in [4.69, 9.17) is 25.5 Å². The minimum absolute atomic E-state index is 0.00887. The lowest BCUT2D eigenvalue weighted by atomic mass is 9.97. The molecule has 1 aliphatic heterocycles. The van der Waals surface area contributed by atoms with Gasteiger partial charge in [-0.3, -0.25) is 14.5 Å². The molecule has 1 amide bonds. The number of rotatable bonds is 4. The van der Waals surface area contributed by atoms with Crippen LogP contribution in [0.3, 0.4) is 0 Å². The number of methoxy groups -OCH3 is 2. The molecule has 4 aromatic rings. The molecule has 0 radical (unpaired) electrons. The zero-order valence-corrected chi connectivity index (χ0v) is 19.9. The van der Waals surface area contributed by atoms with Crippen molar-refractivity contribution >= 4 is 50.1 Å². The fraction of sp³-hybridized carbons (Fsp3) is 0.120. The number of nitrogens with zero attached hydrogens (tertiary/aromatic N) is 1. The lowest BCUT2D eigenvalue weighted by molar-refractivity contribution is 0.0971. The molecule has 2 heterocycles. The quantitative estimate of drug-likeness (QED) is 0.327. The molecule has 0 bridgehead atoms. The van der Waals surface area contributed by atoms with Crippen molar-refractivity contribution in [2.45, 2.75) is 6.04 Å². The van der Waals surface area contributed by atoms with Crippen LogP contribution in [0.2, 0.25) is 5.02 Å². The number of hydrogen-bond donors (Lipinski definition) is 0. The van der Waals surface area contributed by atoms with Gasteiger partial charge in [-0.2, -0.15) is 0 Å². The van der Waals surface area contributed by atoms with Gasteiger partial charge in [0.25, 0.3) is 5.91 Å². The third-order valence-corrected chi connectivity index (χ3v) is 6.37. The maximum atomic E-state index is 13.7. The summed E-state index contributed by atoms with van der Waals surface area (Å²) in [5, 5.41) is 0.852. The van der Waals surface area contributed by atoms with Gasteiger partial charge in [-0.25, -0.2) is 0 Å². The van der Waals surface area contributed by atoms with E-state index in [1.165, 1.54) is 12.0 Å². The van der Waals surface area contributed by atoms with Crippen molar-refractivity contribution in [3.63, 3.8) is 0 Å². The zero-order chi connectivity index (χ0) is 23.3. The monoisotopic (exact) mass is 525 g/mol. The van der Waals surface area contributed by atoms with E-state index < -0.39 is 11.9 Å². The Bertz CT molecular complexity index is 1480. The third-order valence-electron chi connectivity index (χ3n) is 5.64. The number of anilines is 1. The van der Waals surface area contributed by atoms with Crippen LogP contribution in [0, 0.1) is 0 Å². The standard InChI is InChI=1S/C25H17BrClNO5/c1-31-19-8-6-13(10-20(19)32-2)22-21-23(29)17-11-14(26)7-9-18(17)33-24(21)25(30)28(22)16-5-3-4-15(27)12-16/h3-12,22H,1-2H3. The molecule has 0 fully saturated rings. The first kappa shape index (κ1) is 21.6. The number of halogens is 2. The maximum absolute atomic E-state index is 13.7. The van der Waals surface area contributed by atoms with Crippen molar-refractivity contribution in [1.29, 1.82) is 0 Å². The first-order valence-corrected chi connectivity index (χ1v) is 11.2. The van der Waals surface area contributed by atoms with Gasteiger partial charge in [-0.1, -0.05) is 39.7 Å². The van der Waals surface area contributed by atoms with Crippen LogP contribution in [0.4, 0.5) is 5.69 Å². The summed E-state index contributed by atoms with van der Waals surface area (Å²) < 4.78 is 17.6. The summed E-state index contributed by atoms with van der Waals surface area (Å²) in [5.41, 5.74) is 1.54. The highest BCUT2D eigenvalue weighted by molar-refractivity contribution is 9.10. The van der Waals surface area contributed by atoms with Crippen LogP contribution in [0.1, 0.15) is 27.7 Å². The molecule has 0 saturated heterocycles. The lowest BCUT2D eigenvalue weighted by Gasteiger charge is -2.26. The molecule has 0 N–H and O–H groups in total. The first-order chi connectivity index (χ1) is 15.9. The Balaban J connectivity index is 1.82. The van der Waals surface area contributed by atoms with Crippen molar-refractivity contribution in [2.75, 3.05) is 19.1 Å². The Hall–Kier alpha value is -3.29. The molecule has 33 heavy (non-hydrogen) atoms. The number of fused-ring (bicyclic) bond motifs is 2. The van der Waals surface area contributed by atoms with Crippen molar-refractivity contribution in [3.05, 3.63) is 97.3 Å². The molecule has 1 aliphatic rings. The van der Waals surface area contributed by atoms with E-state index in [1.54, 1.807) is 67.8 Å². The summed E-state index contributed by atoms with van der Waals surface area (Å²) in [4.78, 5) is 28.8. The van der Waals surface area contributed by atoms with Gasteiger partial charge in [-0.15, -0.1) is 0 Å². The number of ether oxygens (including phenoxy) is 2. The van der Waals surface area contributed by atoms with Crippen molar-refractivity contribution in [2.24, 2.45) is 0 Å². The molecule has 1 aromatic heterocycles.